The highest BCUT2D eigenvalue weighted by atomic mass is 35.5. The normalized spacial score (nSPS) is 32.6. The molecule has 4 aliphatic rings. The summed E-state index contributed by atoms with van der Waals surface area (Å²) in [5.41, 5.74) is 1.97. The zero-order valence-electron chi connectivity index (χ0n) is 15.5. The standard InChI is InChI=1S/C22H24ClN3O/c1-13(17-11-25-19-4-2-3-18(23)21(17)19)5-20(27)26-15-6-14-7-16(26)10-22(8-14,9-15)12-24/h2-4,11,13-16,25H,5-10H2,1H3. The number of H-pyrrole nitrogens is 1. The molecule has 1 amide bonds. The number of carbonyl (C=O) groups excluding carboxylic acids is 1. The summed E-state index contributed by atoms with van der Waals surface area (Å²) in [6, 6.07) is 8.99. The second-order valence-electron chi connectivity index (χ2n) is 8.96. The van der Waals surface area contributed by atoms with Crippen LogP contribution >= 0.6 is 11.6 Å². The molecule has 4 nitrogen and oxygen atoms in total. The lowest BCUT2D eigenvalue weighted by atomic mass is 9.56. The first-order valence-corrected chi connectivity index (χ1v) is 10.4. The van der Waals surface area contributed by atoms with Crippen LogP contribution in [0.1, 0.15) is 56.9 Å². The number of hydrogen-bond donors (Lipinski definition) is 1. The zero-order chi connectivity index (χ0) is 18.8. The monoisotopic (exact) mass is 381 g/mol. The molecule has 3 atom stereocenters. The van der Waals surface area contributed by atoms with Gasteiger partial charge in [-0.3, -0.25) is 4.79 Å². The van der Waals surface area contributed by atoms with Gasteiger partial charge in [-0.05, 0) is 61.6 Å². The molecule has 3 unspecified atom stereocenters. The second kappa shape index (κ2) is 6.01. The summed E-state index contributed by atoms with van der Waals surface area (Å²) >= 11 is 6.42. The van der Waals surface area contributed by atoms with E-state index in [1.165, 1.54) is 0 Å². The minimum absolute atomic E-state index is 0.105. The van der Waals surface area contributed by atoms with Crippen LogP contribution in [0.25, 0.3) is 10.9 Å². The van der Waals surface area contributed by atoms with Crippen molar-refractivity contribution >= 4 is 28.4 Å². The number of halogens is 1. The molecule has 1 aromatic heterocycles. The lowest BCUT2D eigenvalue weighted by molar-refractivity contribution is -0.153. The maximum Gasteiger partial charge on any atom is 0.223 e. The molecule has 140 valence electrons. The first-order chi connectivity index (χ1) is 13.0. The summed E-state index contributed by atoms with van der Waals surface area (Å²) < 4.78 is 0. The van der Waals surface area contributed by atoms with Crippen molar-refractivity contribution in [1.29, 1.82) is 5.26 Å². The van der Waals surface area contributed by atoms with Crippen molar-refractivity contribution in [3.63, 3.8) is 0 Å². The maximum absolute atomic E-state index is 13.3. The fraction of sp³-hybridized carbons (Fsp3) is 0.545. The van der Waals surface area contributed by atoms with E-state index in [1.54, 1.807) is 0 Å². The Kier molecular flexibility index (Phi) is 3.81. The Morgan fingerprint density at radius 2 is 2.11 bits per heavy atom. The van der Waals surface area contributed by atoms with Crippen molar-refractivity contribution in [1.82, 2.24) is 9.88 Å². The SMILES string of the molecule is CC(CC(=O)N1C2CC3CC1CC(C#N)(C3)C2)c1c[nH]c2cccc(Cl)c12. The van der Waals surface area contributed by atoms with Gasteiger partial charge in [0.25, 0.3) is 0 Å². The number of piperidine rings is 2. The van der Waals surface area contributed by atoms with E-state index >= 15 is 0 Å². The van der Waals surface area contributed by atoms with Crippen LogP contribution in [0.5, 0.6) is 0 Å². The molecule has 2 aliphatic heterocycles. The molecule has 27 heavy (non-hydrogen) atoms. The van der Waals surface area contributed by atoms with Crippen LogP contribution in [0, 0.1) is 22.7 Å². The molecule has 5 heteroatoms. The molecule has 4 bridgehead atoms. The Balaban J connectivity index is 1.37. The Morgan fingerprint density at radius 1 is 1.37 bits per heavy atom. The third kappa shape index (κ3) is 2.59. The number of nitrogens with zero attached hydrogens (tertiary/aromatic N) is 2. The van der Waals surface area contributed by atoms with Gasteiger partial charge in [-0.25, -0.2) is 0 Å². The van der Waals surface area contributed by atoms with Gasteiger partial charge in [0.15, 0.2) is 0 Å². The fourth-order valence-corrected chi connectivity index (χ4v) is 6.49. The smallest absolute Gasteiger partial charge is 0.223 e. The van der Waals surface area contributed by atoms with Gasteiger partial charge in [-0.1, -0.05) is 24.6 Å². The topological polar surface area (TPSA) is 59.9 Å². The van der Waals surface area contributed by atoms with Crippen LogP contribution in [0.4, 0.5) is 0 Å². The molecule has 4 fully saturated rings. The summed E-state index contributed by atoms with van der Waals surface area (Å²) in [5.74, 6) is 0.982. The average molecular weight is 382 g/mol. The predicted molar refractivity (Wildman–Crippen MR) is 105 cm³/mol. The molecule has 6 rings (SSSR count). The minimum atomic E-state index is -0.163. The van der Waals surface area contributed by atoms with E-state index < -0.39 is 0 Å². The van der Waals surface area contributed by atoms with Gasteiger partial charge in [0.2, 0.25) is 5.91 Å². The number of amides is 1. The number of rotatable bonds is 3. The summed E-state index contributed by atoms with van der Waals surface area (Å²) in [7, 11) is 0. The van der Waals surface area contributed by atoms with Gasteiger partial charge in [0.1, 0.15) is 0 Å². The summed E-state index contributed by atoms with van der Waals surface area (Å²) in [6.07, 6.45) is 7.44. The minimum Gasteiger partial charge on any atom is -0.361 e. The van der Waals surface area contributed by atoms with Gasteiger partial charge in [0.05, 0.1) is 16.5 Å². The highest BCUT2D eigenvalue weighted by molar-refractivity contribution is 6.35. The largest absolute Gasteiger partial charge is 0.361 e. The molecule has 3 heterocycles. The van der Waals surface area contributed by atoms with Crippen LogP contribution in [0.3, 0.4) is 0 Å². The number of aromatic nitrogens is 1. The van der Waals surface area contributed by atoms with Crippen LogP contribution in [0.15, 0.2) is 24.4 Å². The van der Waals surface area contributed by atoms with Gasteiger partial charge >= 0.3 is 0 Å². The molecule has 1 aromatic carbocycles. The quantitative estimate of drug-likeness (QED) is 0.813. The van der Waals surface area contributed by atoms with Crippen molar-refractivity contribution in [2.45, 2.75) is 63.5 Å². The second-order valence-corrected chi connectivity index (χ2v) is 9.37. The zero-order valence-corrected chi connectivity index (χ0v) is 16.3. The molecular weight excluding hydrogens is 358 g/mol. The Morgan fingerprint density at radius 3 is 2.81 bits per heavy atom. The molecule has 2 saturated carbocycles. The number of fused-ring (bicyclic) bond motifs is 1. The van der Waals surface area contributed by atoms with Crippen LogP contribution in [0.2, 0.25) is 5.02 Å². The molecule has 1 N–H and O–H groups in total. The number of hydrogen-bond acceptors (Lipinski definition) is 2. The summed E-state index contributed by atoms with van der Waals surface area (Å²) in [5, 5.41) is 11.4. The molecular formula is C22H24ClN3O. The van der Waals surface area contributed by atoms with Gasteiger partial charge in [-0.2, -0.15) is 5.26 Å². The van der Waals surface area contributed by atoms with E-state index in [9.17, 15) is 10.1 Å². The number of aromatic amines is 1. The lowest BCUT2D eigenvalue weighted by Gasteiger charge is -2.59. The van der Waals surface area contributed by atoms with Gasteiger partial charge in [0, 0.05) is 35.6 Å². The first-order valence-electron chi connectivity index (χ1n) is 9.97. The van der Waals surface area contributed by atoms with E-state index in [0.29, 0.717) is 12.3 Å². The third-order valence-corrected chi connectivity index (χ3v) is 7.47. The Bertz CT molecular complexity index is 942. The number of nitriles is 1. The van der Waals surface area contributed by atoms with E-state index in [0.717, 1.165) is 53.6 Å². The number of nitrogens with one attached hydrogen (secondary N) is 1. The predicted octanol–water partition coefficient (Wildman–Crippen LogP) is 5.00. The van der Waals surface area contributed by atoms with E-state index in [1.807, 2.05) is 24.4 Å². The average Bonchev–Trinajstić information content (AvgIpc) is 3.06. The van der Waals surface area contributed by atoms with E-state index in [4.69, 9.17) is 11.6 Å². The highest BCUT2D eigenvalue weighted by Gasteiger charge is 2.55. The third-order valence-electron chi connectivity index (χ3n) is 7.15. The van der Waals surface area contributed by atoms with Crippen molar-refractivity contribution < 1.29 is 4.79 Å². The van der Waals surface area contributed by atoms with Crippen molar-refractivity contribution in [3.8, 4) is 6.07 Å². The van der Waals surface area contributed by atoms with Crippen molar-refractivity contribution in [2.75, 3.05) is 0 Å². The van der Waals surface area contributed by atoms with Crippen molar-refractivity contribution in [3.05, 3.63) is 35.0 Å². The van der Waals surface area contributed by atoms with Gasteiger partial charge < -0.3 is 9.88 Å². The van der Waals surface area contributed by atoms with Crippen LogP contribution in [-0.4, -0.2) is 27.9 Å². The van der Waals surface area contributed by atoms with Crippen LogP contribution in [-0.2, 0) is 4.79 Å². The Labute approximate surface area is 164 Å². The molecule has 2 saturated heterocycles. The molecule has 0 spiro atoms. The summed E-state index contributed by atoms with van der Waals surface area (Å²) in [4.78, 5) is 18.7. The first kappa shape index (κ1) is 17.1. The van der Waals surface area contributed by atoms with Gasteiger partial charge in [-0.15, -0.1) is 0 Å². The molecule has 2 aromatic rings. The van der Waals surface area contributed by atoms with Crippen LogP contribution < -0.4 is 0 Å². The van der Waals surface area contributed by atoms with Crippen molar-refractivity contribution in [2.24, 2.45) is 11.3 Å². The number of carbonyl (C=O) groups is 1. The Hall–Kier alpha value is -1.99. The fourth-order valence-electron chi connectivity index (χ4n) is 6.20. The maximum atomic E-state index is 13.3. The van der Waals surface area contributed by atoms with E-state index in [2.05, 4.69) is 22.9 Å². The highest BCUT2D eigenvalue weighted by Crippen LogP contribution is 2.56. The summed E-state index contributed by atoms with van der Waals surface area (Å²) in [6.45, 7) is 2.11. The lowest BCUT2D eigenvalue weighted by Crippen LogP contribution is -2.63. The number of benzene rings is 1. The molecule has 2 aliphatic carbocycles. The van der Waals surface area contributed by atoms with E-state index in [-0.39, 0.29) is 29.3 Å². The molecule has 0 radical (unpaired) electrons.